The van der Waals surface area contributed by atoms with Crippen LogP contribution in [0.15, 0.2) is 0 Å². The van der Waals surface area contributed by atoms with Gasteiger partial charge in [-0.3, -0.25) is 0 Å². The average molecular weight is 292 g/mol. The van der Waals surface area contributed by atoms with Crippen molar-refractivity contribution in [2.45, 2.75) is 38.2 Å². The highest BCUT2D eigenvalue weighted by Crippen LogP contribution is 2.22. The molecule has 0 bridgehead atoms. The molecule has 2 saturated heterocycles. The van der Waals surface area contributed by atoms with Gasteiger partial charge in [-0.05, 0) is 32.1 Å². The second-order valence-corrected chi connectivity index (χ2v) is 5.76. The van der Waals surface area contributed by atoms with Crippen molar-refractivity contribution in [3.63, 3.8) is 0 Å². The molecule has 0 amide bonds. The molecule has 0 aromatic carbocycles. The Labute approximate surface area is 125 Å². The number of piperidine rings is 2. The van der Waals surface area contributed by atoms with Crippen LogP contribution in [0, 0.1) is 0 Å². The third-order valence-electron chi connectivity index (χ3n) is 4.33. The number of hydrogen-bond donors (Lipinski definition) is 1. The van der Waals surface area contributed by atoms with E-state index >= 15 is 0 Å². The Morgan fingerprint density at radius 2 is 1.48 bits per heavy atom. The molecule has 0 radical (unpaired) electrons. The second kappa shape index (κ2) is 6.43. The van der Waals surface area contributed by atoms with Crippen LogP contribution >= 0.6 is 0 Å². The minimum Gasteiger partial charge on any atom is -0.381 e. The zero-order valence-corrected chi connectivity index (χ0v) is 12.7. The highest BCUT2D eigenvalue weighted by Gasteiger charge is 2.23. The second-order valence-electron chi connectivity index (χ2n) is 5.76. The lowest BCUT2D eigenvalue weighted by molar-refractivity contribution is 0.0816. The van der Waals surface area contributed by atoms with E-state index in [1.807, 2.05) is 0 Å². The van der Waals surface area contributed by atoms with Crippen LogP contribution in [0.1, 0.15) is 32.1 Å². The summed E-state index contributed by atoms with van der Waals surface area (Å²) in [6.45, 7) is 3.83. The maximum Gasteiger partial charge on any atom is 0.231 e. The van der Waals surface area contributed by atoms with Crippen LogP contribution in [0.4, 0.5) is 17.8 Å². The molecular formula is C14H24N6O. The monoisotopic (exact) mass is 292 g/mol. The summed E-state index contributed by atoms with van der Waals surface area (Å²) in [5.41, 5.74) is 5.89. The number of anilines is 3. The predicted molar refractivity (Wildman–Crippen MR) is 82.5 cm³/mol. The minimum absolute atomic E-state index is 0.314. The molecule has 0 saturated carbocycles. The van der Waals surface area contributed by atoms with Gasteiger partial charge in [0.1, 0.15) is 0 Å². The van der Waals surface area contributed by atoms with Crippen molar-refractivity contribution in [2.24, 2.45) is 0 Å². The lowest BCUT2D eigenvalue weighted by atomic mass is 10.1. The Morgan fingerprint density at radius 1 is 0.905 bits per heavy atom. The van der Waals surface area contributed by atoms with E-state index in [1.165, 1.54) is 19.3 Å². The maximum atomic E-state index is 5.89. The summed E-state index contributed by atoms with van der Waals surface area (Å²) in [6, 6.07) is 0. The lowest BCUT2D eigenvalue weighted by Crippen LogP contribution is -2.38. The molecule has 2 aliphatic rings. The molecule has 0 spiro atoms. The molecule has 1 aromatic heterocycles. The van der Waals surface area contributed by atoms with Gasteiger partial charge in [-0.25, -0.2) is 0 Å². The van der Waals surface area contributed by atoms with Crippen molar-refractivity contribution >= 4 is 17.8 Å². The molecule has 0 atom stereocenters. The molecule has 0 aliphatic carbocycles. The smallest absolute Gasteiger partial charge is 0.231 e. The summed E-state index contributed by atoms with van der Waals surface area (Å²) in [6.07, 6.45) is 6.03. The average Bonchev–Trinajstić information content (AvgIpc) is 2.55. The standard InChI is InChI=1S/C14H24N6O/c1-21-11-5-9-20(10-6-11)14-17-12(15)16-13(18-14)19-7-3-2-4-8-19/h11H,2-10H2,1H3,(H2,15,16,17,18). The zero-order valence-electron chi connectivity index (χ0n) is 12.7. The SMILES string of the molecule is COC1CCN(c2nc(N)nc(N3CCCCC3)n2)CC1. The van der Waals surface area contributed by atoms with Gasteiger partial charge in [0.25, 0.3) is 0 Å². The van der Waals surface area contributed by atoms with Crippen LogP contribution in [0.2, 0.25) is 0 Å². The summed E-state index contributed by atoms with van der Waals surface area (Å²) in [7, 11) is 1.77. The van der Waals surface area contributed by atoms with Gasteiger partial charge >= 0.3 is 0 Å². The Morgan fingerprint density at radius 3 is 2.05 bits per heavy atom. The number of aromatic nitrogens is 3. The molecule has 7 nitrogen and oxygen atoms in total. The van der Waals surface area contributed by atoms with Crippen LogP contribution in [-0.4, -0.2) is 54.3 Å². The van der Waals surface area contributed by atoms with Crippen LogP contribution < -0.4 is 15.5 Å². The molecule has 1 aromatic rings. The Hall–Kier alpha value is -1.63. The van der Waals surface area contributed by atoms with E-state index in [2.05, 4.69) is 24.8 Å². The van der Waals surface area contributed by atoms with E-state index in [0.717, 1.165) is 45.0 Å². The Balaban J connectivity index is 1.74. The Kier molecular flexibility index (Phi) is 4.38. The van der Waals surface area contributed by atoms with Crippen molar-refractivity contribution in [3.05, 3.63) is 0 Å². The van der Waals surface area contributed by atoms with Crippen molar-refractivity contribution in [1.82, 2.24) is 15.0 Å². The molecule has 0 unspecified atom stereocenters. The topological polar surface area (TPSA) is 80.4 Å². The summed E-state index contributed by atoms with van der Waals surface area (Å²) in [5, 5.41) is 0. The zero-order chi connectivity index (χ0) is 14.7. The molecule has 7 heteroatoms. The van der Waals surface area contributed by atoms with Crippen molar-refractivity contribution in [1.29, 1.82) is 0 Å². The van der Waals surface area contributed by atoms with Gasteiger partial charge < -0.3 is 20.3 Å². The molecule has 3 rings (SSSR count). The lowest BCUT2D eigenvalue weighted by Gasteiger charge is -2.32. The number of nitrogens with two attached hydrogens (primary N) is 1. The molecule has 2 aliphatic heterocycles. The fourth-order valence-electron chi connectivity index (χ4n) is 3.04. The van der Waals surface area contributed by atoms with Crippen LogP contribution in [0.25, 0.3) is 0 Å². The van der Waals surface area contributed by atoms with E-state index in [1.54, 1.807) is 7.11 Å². The van der Waals surface area contributed by atoms with Gasteiger partial charge in [-0.15, -0.1) is 0 Å². The van der Waals surface area contributed by atoms with Crippen LogP contribution in [0.3, 0.4) is 0 Å². The highest BCUT2D eigenvalue weighted by molar-refractivity contribution is 5.44. The fourth-order valence-corrected chi connectivity index (χ4v) is 3.04. The summed E-state index contributed by atoms with van der Waals surface area (Å²) < 4.78 is 5.41. The number of hydrogen-bond acceptors (Lipinski definition) is 7. The first-order chi connectivity index (χ1) is 10.3. The van der Waals surface area contributed by atoms with Crippen molar-refractivity contribution < 1.29 is 4.74 Å². The molecular weight excluding hydrogens is 268 g/mol. The highest BCUT2D eigenvalue weighted by atomic mass is 16.5. The van der Waals surface area contributed by atoms with E-state index in [9.17, 15) is 0 Å². The number of nitrogens with zero attached hydrogens (tertiary/aromatic N) is 5. The molecule has 3 heterocycles. The van der Waals surface area contributed by atoms with E-state index in [4.69, 9.17) is 10.5 Å². The maximum absolute atomic E-state index is 5.89. The van der Waals surface area contributed by atoms with Gasteiger partial charge in [-0.2, -0.15) is 15.0 Å². The third kappa shape index (κ3) is 3.34. The normalized spacial score (nSPS) is 20.8. The summed E-state index contributed by atoms with van der Waals surface area (Å²) in [4.78, 5) is 17.7. The van der Waals surface area contributed by atoms with Gasteiger partial charge in [0.05, 0.1) is 6.10 Å². The first-order valence-corrected chi connectivity index (χ1v) is 7.80. The van der Waals surface area contributed by atoms with Crippen LogP contribution in [-0.2, 0) is 4.74 Å². The quantitative estimate of drug-likeness (QED) is 0.892. The number of ether oxygens (including phenoxy) is 1. The Bertz CT molecular complexity index is 469. The predicted octanol–water partition coefficient (Wildman–Crippen LogP) is 1.06. The fraction of sp³-hybridized carbons (Fsp3) is 0.786. The minimum atomic E-state index is 0.314. The molecule has 2 N–H and O–H groups in total. The van der Waals surface area contributed by atoms with Gasteiger partial charge in [0.15, 0.2) is 0 Å². The van der Waals surface area contributed by atoms with Crippen molar-refractivity contribution in [3.8, 4) is 0 Å². The largest absolute Gasteiger partial charge is 0.381 e. The first kappa shape index (κ1) is 14.3. The number of rotatable bonds is 3. The first-order valence-electron chi connectivity index (χ1n) is 7.80. The van der Waals surface area contributed by atoms with Gasteiger partial charge in [0, 0.05) is 33.3 Å². The number of nitrogen functional groups attached to an aromatic ring is 1. The summed E-state index contributed by atoms with van der Waals surface area (Å²) >= 11 is 0. The molecule has 21 heavy (non-hydrogen) atoms. The van der Waals surface area contributed by atoms with Crippen molar-refractivity contribution in [2.75, 3.05) is 48.8 Å². The summed E-state index contributed by atoms with van der Waals surface area (Å²) in [5.74, 6) is 1.75. The van der Waals surface area contributed by atoms with Crippen LogP contribution in [0.5, 0.6) is 0 Å². The molecule has 116 valence electrons. The van der Waals surface area contributed by atoms with E-state index in [-0.39, 0.29) is 0 Å². The molecule has 2 fully saturated rings. The van der Waals surface area contributed by atoms with E-state index in [0.29, 0.717) is 18.0 Å². The third-order valence-corrected chi connectivity index (χ3v) is 4.33. The van der Waals surface area contributed by atoms with Gasteiger partial charge in [-0.1, -0.05) is 0 Å². The van der Waals surface area contributed by atoms with E-state index < -0.39 is 0 Å². The number of methoxy groups -OCH3 is 1. The van der Waals surface area contributed by atoms with Gasteiger partial charge in [0.2, 0.25) is 17.8 Å².